The van der Waals surface area contributed by atoms with Crippen molar-refractivity contribution in [1.82, 2.24) is 4.98 Å². The molecule has 0 aliphatic rings. The van der Waals surface area contributed by atoms with Gasteiger partial charge in [0.25, 0.3) is 6.43 Å². The molecule has 0 unspecified atom stereocenters. The second kappa shape index (κ2) is 3.93. The van der Waals surface area contributed by atoms with E-state index in [4.69, 9.17) is 17.3 Å². The second-order valence-corrected chi connectivity index (χ2v) is 2.68. The van der Waals surface area contributed by atoms with Crippen LogP contribution in [0.1, 0.15) is 17.7 Å². The minimum Gasteiger partial charge on any atom is -0.325 e. The minimum atomic E-state index is -2.82. The first kappa shape index (κ1) is 10.3. The average molecular weight is 211 g/mol. The third kappa shape index (κ3) is 2.10. The number of alkyl halides is 2. The molecular weight excluding hydrogens is 205 g/mol. The summed E-state index contributed by atoms with van der Waals surface area (Å²) in [7, 11) is 0. The molecule has 0 fully saturated rings. The highest BCUT2D eigenvalue weighted by molar-refractivity contribution is 6.32. The molecule has 0 aliphatic carbocycles. The van der Waals surface area contributed by atoms with Crippen molar-refractivity contribution in [2.45, 2.75) is 13.0 Å². The molecule has 0 saturated heterocycles. The Bertz CT molecular complexity index is 317. The van der Waals surface area contributed by atoms with Gasteiger partial charge in [-0.3, -0.25) is 0 Å². The van der Waals surface area contributed by atoms with E-state index in [9.17, 15) is 13.2 Å². The molecule has 1 rings (SSSR count). The van der Waals surface area contributed by atoms with E-state index in [1.807, 2.05) is 0 Å². The Kier molecular flexibility index (Phi) is 3.11. The Balaban J connectivity index is 3.27. The van der Waals surface area contributed by atoms with Gasteiger partial charge >= 0.3 is 0 Å². The quantitative estimate of drug-likeness (QED) is 0.761. The molecule has 6 heteroatoms. The van der Waals surface area contributed by atoms with Crippen molar-refractivity contribution in [3.63, 3.8) is 0 Å². The van der Waals surface area contributed by atoms with Crippen LogP contribution in [-0.4, -0.2) is 4.98 Å². The van der Waals surface area contributed by atoms with Gasteiger partial charge in [0.2, 0.25) is 5.95 Å². The zero-order chi connectivity index (χ0) is 10.0. The smallest absolute Gasteiger partial charge is 0.265 e. The zero-order valence-electron chi connectivity index (χ0n) is 6.40. The lowest BCUT2D eigenvalue weighted by Crippen LogP contribution is -2.05. The number of nitrogens with two attached hydrogens (primary N) is 1. The fourth-order valence-electron chi connectivity index (χ4n) is 0.863. The van der Waals surface area contributed by atoms with Crippen molar-refractivity contribution in [3.05, 3.63) is 28.3 Å². The van der Waals surface area contributed by atoms with Crippen LogP contribution in [0.5, 0.6) is 0 Å². The first-order chi connectivity index (χ1) is 6.06. The van der Waals surface area contributed by atoms with E-state index in [0.29, 0.717) is 6.07 Å². The van der Waals surface area contributed by atoms with Crippen LogP contribution in [-0.2, 0) is 6.54 Å². The Hall–Kier alpha value is -0.810. The zero-order valence-corrected chi connectivity index (χ0v) is 7.15. The molecule has 13 heavy (non-hydrogen) atoms. The number of aromatic nitrogens is 1. The Morgan fingerprint density at radius 2 is 2.15 bits per heavy atom. The predicted molar refractivity (Wildman–Crippen MR) is 42.1 cm³/mol. The number of hydrogen-bond acceptors (Lipinski definition) is 2. The molecule has 1 aromatic heterocycles. The number of pyridine rings is 1. The first-order valence-corrected chi connectivity index (χ1v) is 3.77. The summed E-state index contributed by atoms with van der Waals surface area (Å²) in [6.07, 6.45) is -2.82. The fraction of sp³-hybridized carbons (Fsp3) is 0.286. The summed E-state index contributed by atoms with van der Waals surface area (Å²) in [5.41, 5.74) is 4.50. The van der Waals surface area contributed by atoms with Crippen molar-refractivity contribution in [3.8, 4) is 0 Å². The van der Waals surface area contributed by atoms with Gasteiger partial charge < -0.3 is 5.73 Å². The second-order valence-electron chi connectivity index (χ2n) is 2.30. The molecular formula is C7H6ClF3N2. The van der Waals surface area contributed by atoms with Gasteiger partial charge in [-0.1, -0.05) is 11.6 Å². The monoisotopic (exact) mass is 210 g/mol. The summed E-state index contributed by atoms with van der Waals surface area (Å²) in [6, 6.07) is 0.603. The van der Waals surface area contributed by atoms with Crippen LogP contribution < -0.4 is 5.73 Å². The number of rotatable bonds is 2. The molecule has 0 bridgehead atoms. The maximum atomic E-state index is 12.6. The lowest BCUT2D eigenvalue weighted by Gasteiger charge is -2.06. The van der Waals surface area contributed by atoms with Gasteiger partial charge in [-0.25, -0.2) is 13.8 Å². The summed E-state index contributed by atoms with van der Waals surface area (Å²) >= 11 is 5.49. The average Bonchev–Trinajstić information content (AvgIpc) is 2.08. The van der Waals surface area contributed by atoms with Crippen molar-refractivity contribution < 1.29 is 13.2 Å². The van der Waals surface area contributed by atoms with Gasteiger partial charge in [-0.15, -0.1) is 0 Å². The van der Waals surface area contributed by atoms with Crippen LogP contribution >= 0.6 is 11.6 Å². The molecule has 0 amide bonds. The van der Waals surface area contributed by atoms with Gasteiger partial charge in [0.15, 0.2) is 0 Å². The van der Waals surface area contributed by atoms with E-state index in [-0.39, 0.29) is 17.3 Å². The molecule has 2 nitrogen and oxygen atoms in total. The normalized spacial score (nSPS) is 10.9. The van der Waals surface area contributed by atoms with Gasteiger partial charge in [0, 0.05) is 18.2 Å². The first-order valence-electron chi connectivity index (χ1n) is 3.39. The van der Waals surface area contributed by atoms with Gasteiger partial charge in [0.05, 0.1) is 10.7 Å². The SMILES string of the molecule is NCc1nc(F)cc(C(F)F)c1Cl. The summed E-state index contributed by atoms with van der Waals surface area (Å²) < 4.78 is 37.0. The molecule has 2 N–H and O–H groups in total. The summed E-state index contributed by atoms with van der Waals surface area (Å²) in [5, 5.41) is -0.265. The van der Waals surface area contributed by atoms with Crippen LogP contribution in [0.15, 0.2) is 6.07 Å². The summed E-state index contributed by atoms with van der Waals surface area (Å²) in [6.45, 7) is -0.170. The predicted octanol–water partition coefficient (Wildman–Crippen LogP) is 2.27. The van der Waals surface area contributed by atoms with E-state index >= 15 is 0 Å². The molecule has 0 atom stereocenters. The molecule has 0 aliphatic heterocycles. The van der Waals surface area contributed by atoms with Crippen molar-refractivity contribution >= 4 is 11.6 Å². The molecule has 1 aromatic rings. The van der Waals surface area contributed by atoms with Gasteiger partial charge in [0.1, 0.15) is 0 Å². The van der Waals surface area contributed by atoms with Crippen LogP contribution in [0.3, 0.4) is 0 Å². The summed E-state index contributed by atoms with van der Waals surface area (Å²) in [5.74, 6) is -1.000. The maximum Gasteiger partial charge on any atom is 0.265 e. The van der Waals surface area contributed by atoms with E-state index in [2.05, 4.69) is 4.98 Å². The van der Waals surface area contributed by atoms with Crippen LogP contribution in [0.25, 0.3) is 0 Å². The third-order valence-corrected chi connectivity index (χ3v) is 1.89. The molecule has 0 saturated carbocycles. The third-order valence-electron chi connectivity index (χ3n) is 1.45. The molecule has 0 spiro atoms. The maximum absolute atomic E-state index is 12.6. The highest BCUT2D eigenvalue weighted by Gasteiger charge is 2.17. The number of nitrogens with zero attached hydrogens (tertiary/aromatic N) is 1. The highest BCUT2D eigenvalue weighted by Crippen LogP contribution is 2.29. The topological polar surface area (TPSA) is 38.9 Å². The van der Waals surface area contributed by atoms with Gasteiger partial charge in [-0.05, 0) is 0 Å². The Morgan fingerprint density at radius 1 is 1.54 bits per heavy atom. The van der Waals surface area contributed by atoms with Crippen LogP contribution in [0.2, 0.25) is 5.02 Å². The van der Waals surface area contributed by atoms with Crippen LogP contribution in [0, 0.1) is 5.95 Å². The van der Waals surface area contributed by atoms with Crippen molar-refractivity contribution in [2.75, 3.05) is 0 Å². The Morgan fingerprint density at radius 3 is 2.62 bits per heavy atom. The van der Waals surface area contributed by atoms with Crippen molar-refractivity contribution in [1.29, 1.82) is 0 Å². The lowest BCUT2D eigenvalue weighted by atomic mass is 10.2. The lowest BCUT2D eigenvalue weighted by molar-refractivity contribution is 0.150. The van der Waals surface area contributed by atoms with Crippen LogP contribution in [0.4, 0.5) is 13.2 Å². The standard InChI is InChI=1S/C7H6ClF3N2/c8-6-3(7(10)11)1-5(9)13-4(6)2-12/h1,7H,2,12H2. The van der Waals surface area contributed by atoms with Gasteiger partial charge in [-0.2, -0.15) is 4.39 Å². The highest BCUT2D eigenvalue weighted by atomic mass is 35.5. The van der Waals surface area contributed by atoms with E-state index in [1.54, 1.807) is 0 Å². The van der Waals surface area contributed by atoms with Crippen molar-refractivity contribution in [2.24, 2.45) is 5.73 Å². The minimum absolute atomic E-state index is 0.0584. The number of hydrogen-bond donors (Lipinski definition) is 1. The Labute approximate surface area is 77.5 Å². The van der Waals surface area contributed by atoms with E-state index in [0.717, 1.165) is 0 Å². The molecule has 0 radical (unpaired) electrons. The summed E-state index contributed by atoms with van der Waals surface area (Å²) in [4.78, 5) is 3.28. The molecule has 0 aromatic carbocycles. The largest absolute Gasteiger partial charge is 0.325 e. The van der Waals surface area contributed by atoms with E-state index in [1.165, 1.54) is 0 Å². The number of halogens is 4. The molecule has 72 valence electrons. The fourth-order valence-corrected chi connectivity index (χ4v) is 1.12. The van der Waals surface area contributed by atoms with E-state index < -0.39 is 17.9 Å². The molecule has 1 heterocycles.